The molecule has 0 radical (unpaired) electrons. The molecule has 0 saturated carbocycles. The summed E-state index contributed by atoms with van der Waals surface area (Å²) < 4.78 is 69.1. The number of benzene rings is 3. The van der Waals surface area contributed by atoms with Gasteiger partial charge in [0.25, 0.3) is 11.8 Å². The molecule has 19 aromatic rings. The third kappa shape index (κ3) is 23.9. The van der Waals surface area contributed by atoms with Crippen LogP contribution in [0.5, 0.6) is 0 Å². The summed E-state index contributed by atoms with van der Waals surface area (Å²) >= 11 is 20.4. The summed E-state index contributed by atoms with van der Waals surface area (Å²) in [5.41, 5.74) is 46.6. The molecule has 0 bridgehead atoms. The molecule has 42 heteroatoms. The van der Waals surface area contributed by atoms with Gasteiger partial charge in [0.15, 0.2) is 0 Å². The molecule has 142 heavy (non-hydrogen) atoms. The van der Waals surface area contributed by atoms with Crippen molar-refractivity contribution >= 4 is 276 Å². The Labute approximate surface area is 878 Å². The Morgan fingerprint density at radius 2 is 0.725 bits per heavy atom. The van der Waals surface area contributed by atoms with Crippen molar-refractivity contribution in [2.75, 3.05) is 91.5 Å². The molecule has 736 valence electrons. The van der Waals surface area contributed by atoms with Crippen molar-refractivity contribution in [2.24, 2.45) is 7.05 Å². The van der Waals surface area contributed by atoms with E-state index in [1.807, 2.05) is 130 Å². The van der Waals surface area contributed by atoms with Gasteiger partial charge in [-0.3, -0.25) is 30.6 Å². The van der Waals surface area contributed by atoms with E-state index in [9.17, 15) is 40.5 Å². The minimum Gasteiger partial charge on any atom is -0.478 e. The molecule has 11 N–H and O–H groups in total. The van der Waals surface area contributed by atoms with Crippen molar-refractivity contribution in [2.45, 2.75) is 107 Å². The van der Waals surface area contributed by atoms with E-state index < -0.39 is 60.0 Å². The lowest BCUT2D eigenvalue weighted by Crippen LogP contribution is -2.22. The minimum atomic E-state index is -1.18. The van der Waals surface area contributed by atoms with Crippen molar-refractivity contribution in [3.63, 3.8) is 0 Å². The number of rotatable bonds is 32. The molecule has 0 aliphatic carbocycles. The van der Waals surface area contributed by atoms with E-state index in [0.717, 1.165) is 190 Å². The highest BCUT2D eigenvalue weighted by atomic mass is 35.5. The van der Waals surface area contributed by atoms with Crippen LogP contribution in [0.3, 0.4) is 0 Å². The number of pyridine rings is 5. The van der Waals surface area contributed by atoms with E-state index in [1.54, 1.807) is 111 Å². The fraction of sp³-hybridized carbons (Fsp3) is 0.240. The van der Waals surface area contributed by atoms with E-state index in [-0.39, 0.29) is 17.4 Å². The van der Waals surface area contributed by atoms with Crippen molar-refractivity contribution in [1.29, 1.82) is 0 Å². The lowest BCUT2D eigenvalue weighted by Gasteiger charge is -2.12. The number of aryl methyl sites for hydroxylation is 1. The van der Waals surface area contributed by atoms with Gasteiger partial charge in [-0.25, -0.2) is 49.7 Å². The second kappa shape index (κ2) is 48.7. The molecule has 3 aromatic carbocycles. The second-order valence-electron chi connectivity index (χ2n) is 32.5. The fourth-order valence-corrected chi connectivity index (χ4v) is 32.1. The molecule has 0 aliphatic heterocycles. The maximum Gasteiger partial charge on any atom is 0.335 e. The molecular weight excluding hydrogens is 2100 g/mol. The number of carbonyl (C=O) groups is 3. The number of thiazole rings is 3. The molecule has 26 nitrogen and oxygen atoms in total. The zero-order valence-corrected chi connectivity index (χ0v) is 91.6. The first-order valence-corrected chi connectivity index (χ1v) is 60.5. The Kier molecular flexibility index (Phi) is 36.2. The number of hydrogen-bond acceptors (Lipinski definition) is 32. The summed E-state index contributed by atoms with van der Waals surface area (Å²) in [6, 6.07) is 42.0. The van der Waals surface area contributed by atoms with Gasteiger partial charge in [-0.15, -0.1) is 125 Å². The van der Waals surface area contributed by atoms with Gasteiger partial charge in [0.1, 0.15) is 83.1 Å². The SMILES string of the molecule is CCCCS(=O)c1sc2nc(-c3cccs3)cc(C(=O)N(C)C)c2c1N.CCCCS(=O)c1sc2nc(-c3nccs3)cc(-c3ccc(C(=O)N(C)C)cc3)c2c1N.CCCCS(=O)c1sc2nc(-c3nccs3)cc(-c3ccc(C(=O)O)cc3)c2c1N.CCCS(=O)c1sc2nc(-c3nccs3)cc(-c3nccn3C)c2c1N.Nc1c(S(=O)CCCCCl)sc2nc(-c3cccs3)cc(-c3ccccc3)c12. The third-order valence-electron chi connectivity index (χ3n) is 22.1. The number of imidazole rings is 1. The minimum absolute atomic E-state index is 0.0523. The van der Waals surface area contributed by atoms with Gasteiger partial charge in [-0.05, 0) is 149 Å². The number of fused-ring (bicyclic) bond motifs is 5. The molecular formula is C100H100ClN17O9S15. The Hall–Kier alpha value is -10.8. The number of carbonyl (C=O) groups excluding carboxylic acids is 2. The fourth-order valence-electron chi connectivity index (χ4n) is 15.0. The van der Waals surface area contributed by atoms with Gasteiger partial charge in [0.05, 0.1) is 115 Å². The maximum absolute atomic E-state index is 12.9. The number of nitrogen functional groups attached to an aromatic ring is 5. The highest BCUT2D eigenvalue weighted by Crippen LogP contribution is 2.50. The number of hydrogen-bond donors (Lipinski definition) is 6. The number of thiophene rings is 7. The quantitative estimate of drug-likeness (QED) is 0.0168. The highest BCUT2D eigenvalue weighted by molar-refractivity contribution is 7.89. The molecule has 16 heterocycles. The van der Waals surface area contributed by atoms with Crippen LogP contribution in [-0.4, -0.2) is 166 Å². The maximum atomic E-state index is 12.9. The predicted molar refractivity (Wildman–Crippen MR) is 603 cm³/mol. The van der Waals surface area contributed by atoms with Crippen LogP contribution in [0.15, 0.2) is 212 Å². The molecule has 5 atom stereocenters. The van der Waals surface area contributed by atoms with Crippen molar-refractivity contribution < 1.29 is 40.5 Å². The summed E-state index contributed by atoms with van der Waals surface area (Å²) in [7, 11) is 3.05. The summed E-state index contributed by atoms with van der Waals surface area (Å²) in [6.07, 6.45) is 16.9. The van der Waals surface area contributed by atoms with Crippen LogP contribution < -0.4 is 28.7 Å². The molecule has 0 fully saturated rings. The first kappa shape index (κ1) is 105. The van der Waals surface area contributed by atoms with Gasteiger partial charge >= 0.3 is 5.97 Å². The Morgan fingerprint density at radius 3 is 1.08 bits per heavy atom. The molecule has 0 aliphatic rings. The summed E-state index contributed by atoms with van der Waals surface area (Å²) in [6.45, 7) is 8.22. The number of nitrogens with two attached hydrogens (primary N) is 5. The van der Waals surface area contributed by atoms with Gasteiger partial charge < -0.3 is 48.1 Å². The zero-order valence-electron chi connectivity index (χ0n) is 78.6. The summed E-state index contributed by atoms with van der Waals surface area (Å²) in [4.78, 5) is 86.7. The normalized spacial score (nSPS) is 12.4. The van der Waals surface area contributed by atoms with E-state index >= 15 is 0 Å². The second-order valence-corrected chi connectivity index (χ2v) is 51.2. The van der Waals surface area contributed by atoms with E-state index in [4.69, 9.17) is 65.2 Å². The van der Waals surface area contributed by atoms with Crippen LogP contribution in [0.2, 0.25) is 0 Å². The lowest BCUT2D eigenvalue weighted by atomic mass is 10.0. The lowest BCUT2D eigenvalue weighted by molar-refractivity contribution is 0.0695. The summed E-state index contributed by atoms with van der Waals surface area (Å²) in [5, 5.41) is 25.3. The smallest absolute Gasteiger partial charge is 0.335 e. The van der Waals surface area contributed by atoms with Gasteiger partial charge in [-0.2, -0.15) is 0 Å². The third-order valence-corrected chi connectivity index (χ3v) is 41.6. The predicted octanol–water partition coefficient (Wildman–Crippen LogP) is 25.1. The first-order valence-electron chi connectivity index (χ1n) is 44.9. The molecule has 0 saturated heterocycles. The number of nitrogens with zero attached hydrogens (tertiary/aromatic N) is 12. The van der Waals surface area contributed by atoms with Crippen molar-refractivity contribution in [3.05, 3.63) is 208 Å². The van der Waals surface area contributed by atoms with Crippen LogP contribution >= 0.6 is 125 Å². The summed E-state index contributed by atoms with van der Waals surface area (Å²) in [5.74, 6) is 3.11. The Balaban J connectivity index is 0.000000134. The largest absolute Gasteiger partial charge is 0.478 e. The zero-order chi connectivity index (χ0) is 101. The van der Waals surface area contributed by atoms with Gasteiger partial charge in [0.2, 0.25) is 0 Å². The number of alkyl halides is 1. The molecule has 2 amide bonds. The standard InChI is InChI=1S/C23H24N4O2S3.C21H19ClN2OS3.C21H19N3O3S3.C18H21N3O2S3.C17H17N5OS3/c1-4-5-12-32(29)23-19(24)18-16(14-6-8-15(9-7-14)22(28)27(2)3)13-17(26-21(18)31-23)20-25-10-11-30-20;22-10-4-5-12-28(25)21-19(23)18-15(14-7-2-1-3-8-14)13-16(24-20(18)27-21)17-9-6-11-26-17;1-2-3-10-30(27)21-17(22)16-14(12-4-6-13(7-5-12)20(25)26)11-15(24-19(16)29-21)18-23-8-9-28-18;1-4-5-9-26(23)18-15(19)14-11(17(22)21(2)3)10-12(20-16(14)25-18)13-7-6-8-24-13;1-3-8-26(23)17-13(18)12-10(14-19-4-6-22(14)2)9-11(21-16(12)25-17)15-20-5-7-24-15/h6-11,13H,4-5,12,24H2,1-3H3;1-3,6-9,11,13H,4-5,10,12,23H2;4-9,11H,2-3,10,22H2,1H3,(H,25,26);6-8,10H,4-5,9,19H2,1-3H3;4-7,9H,3,8,18H2,1-2H3. The van der Waals surface area contributed by atoms with Gasteiger partial charge in [-0.1, -0.05) is 114 Å². The molecule has 16 aromatic heterocycles. The van der Waals surface area contributed by atoms with Crippen LogP contribution in [0, 0.1) is 0 Å². The number of aromatic carboxylic acids is 1. The number of anilines is 5. The van der Waals surface area contributed by atoms with Gasteiger partial charge in [0, 0.05) is 155 Å². The van der Waals surface area contributed by atoms with Crippen molar-refractivity contribution in [1.82, 2.24) is 59.2 Å². The number of carboxylic acids is 1. The van der Waals surface area contributed by atoms with Crippen LogP contribution in [0.1, 0.15) is 117 Å². The molecule has 0 spiro atoms. The average Bonchev–Trinajstić information content (AvgIpc) is 1.62. The first-order chi connectivity index (χ1) is 68.6. The Morgan fingerprint density at radius 1 is 0.373 bits per heavy atom. The van der Waals surface area contributed by atoms with Crippen molar-refractivity contribution in [3.8, 4) is 98.0 Å². The number of aromatic nitrogens is 10. The number of amides is 2. The molecule has 5 unspecified atom stereocenters. The van der Waals surface area contributed by atoms with Crippen LogP contribution in [0.4, 0.5) is 28.4 Å². The number of unbranched alkanes of at least 4 members (excludes halogenated alkanes) is 4. The van der Waals surface area contributed by atoms with E-state index in [2.05, 4.69) is 65.0 Å². The molecule has 19 rings (SSSR count). The number of halogens is 1. The number of carboxylic acid groups (broad SMARTS) is 1. The van der Waals surface area contributed by atoms with Crippen LogP contribution in [-0.2, 0) is 61.0 Å². The van der Waals surface area contributed by atoms with Crippen LogP contribution in [0.25, 0.3) is 149 Å². The monoisotopic (exact) mass is 2200 g/mol. The van der Waals surface area contributed by atoms with E-state index in [0.29, 0.717) is 112 Å². The Bertz CT molecular complexity index is 7800. The highest BCUT2D eigenvalue weighted by Gasteiger charge is 2.30. The topological polar surface area (TPSA) is 414 Å². The van der Waals surface area contributed by atoms with E-state index in [1.165, 1.54) is 95.6 Å². The average molecular weight is 2200 g/mol.